The lowest BCUT2D eigenvalue weighted by atomic mass is 10.1. The topological polar surface area (TPSA) is 12.5 Å². The van der Waals surface area contributed by atoms with Gasteiger partial charge in [0, 0.05) is 24.3 Å². The van der Waals surface area contributed by atoms with Crippen LogP contribution in [0.15, 0.2) is 18.2 Å². The zero-order valence-electron chi connectivity index (χ0n) is 8.00. The summed E-state index contributed by atoms with van der Waals surface area (Å²) >= 11 is 0. The van der Waals surface area contributed by atoms with Crippen LogP contribution in [-0.2, 0) is 4.74 Å². The molecule has 0 saturated carbocycles. The first kappa shape index (κ1) is 9.46. The molecule has 1 fully saturated rings. The molecule has 2 nitrogen and oxygen atoms in total. The minimum Gasteiger partial charge on any atom is -0.378 e. The van der Waals surface area contributed by atoms with E-state index in [9.17, 15) is 4.39 Å². The minimum atomic E-state index is -0.242. The van der Waals surface area contributed by atoms with Crippen molar-refractivity contribution in [1.82, 2.24) is 0 Å². The SMILES string of the molecule is [CH2]c1c(F)cccc1N1CCOCC1. The molecule has 0 bridgehead atoms. The number of halogens is 1. The molecule has 1 heterocycles. The van der Waals surface area contributed by atoms with Crippen LogP contribution in [0.3, 0.4) is 0 Å². The average Bonchev–Trinajstić information content (AvgIpc) is 2.23. The fourth-order valence-electron chi connectivity index (χ4n) is 1.65. The van der Waals surface area contributed by atoms with Crippen molar-refractivity contribution in [3.63, 3.8) is 0 Å². The summed E-state index contributed by atoms with van der Waals surface area (Å²) < 4.78 is 18.4. The highest BCUT2D eigenvalue weighted by Gasteiger charge is 2.14. The lowest BCUT2D eigenvalue weighted by Gasteiger charge is -2.30. The Hall–Kier alpha value is -1.09. The van der Waals surface area contributed by atoms with Crippen LogP contribution in [0.4, 0.5) is 10.1 Å². The van der Waals surface area contributed by atoms with Crippen molar-refractivity contribution in [3.8, 4) is 0 Å². The third-order valence-corrected chi connectivity index (χ3v) is 2.45. The Morgan fingerprint density at radius 1 is 1.29 bits per heavy atom. The molecule has 0 atom stereocenters. The maximum absolute atomic E-state index is 13.2. The second-order valence-corrected chi connectivity index (χ2v) is 3.34. The van der Waals surface area contributed by atoms with Gasteiger partial charge in [0.05, 0.1) is 13.2 Å². The predicted octanol–water partition coefficient (Wildman–Crippen LogP) is 1.84. The molecule has 14 heavy (non-hydrogen) atoms. The molecule has 0 unspecified atom stereocenters. The van der Waals surface area contributed by atoms with Gasteiger partial charge in [-0.3, -0.25) is 0 Å². The smallest absolute Gasteiger partial charge is 0.128 e. The fraction of sp³-hybridized carbons (Fsp3) is 0.364. The number of hydrogen-bond donors (Lipinski definition) is 0. The van der Waals surface area contributed by atoms with Crippen molar-refractivity contribution in [3.05, 3.63) is 36.5 Å². The molecule has 0 N–H and O–H groups in total. The highest BCUT2D eigenvalue weighted by molar-refractivity contribution is 5.55. The molecule has 1 aromatic rings. The van der Waals surface area contributed by atoms with E-state index in [1.165, 1.54) is 6.07 Å². The van der Waals surface area contributed by atoms with Crippen molar-refractivity contribution in [1.29, 1.82) is 0 Å². The average molecular weight is 194 g/mol. The van der Waals surface area contributed by atoms with Gasteiger partial charge >= 0.3 is 0 Å². The molecule has 0 amide bonds. The van der Waals surface area contributed by atoms with E-state index in [0.717, 1.165) is 18.8 Å². The van der Waals surface area contributed by atoms with E-state index < -0.39 is 0 Å². The summed E-state index contributed by atoms with van der Waals surface area (Å²) in [5.41, 5.74) is 1.36. The van der Waals surface area contributed by atoms with Crippen LogP contribution in [-0.4, -0.2) is 26.3 Å². The molecular weight excluding hydrogens is 181 g/mol. The van der Waals surface area contributed by atoms with Gasteiger partial charge < -0.3 is 9.64 Å². The summed E-state index contributed by atoms with van der Waals surface area (Å²) in [4.78, 5) is 2.11. The third-order valence-electron chi connectivity index (χ3n) is 2.45. The molecular formula is C11H13FNO. The van der Waals surface area contributed by atoms with Gasteiger partial charge in [0.2, 0.25) is 0 Å². The summed E-state index contributed by atoms with van der Waals surface area (Å²) in [6.45, 7) is 6.77. The number of hydrogen-bond acceptors (Lipinski definition) is 2. The van der Waals surface area contributed by atoms with E-state index in [-0.39, 0.29) is 5.82 Å². The number of morpholine rings is 1. The lowest BCUT2D eigenvalue weighted by Crippen LogP contribution is -2.36. The number of rotatable bonds is 1. The van der Waals surface area contributed by atoms with Crippen molar-refractivity contribution in [2.75, 3.05) is 31.2 Å². The normalized spacial score (nSPS) is 17.1. The molecule has 1 saturated heterocycles. The van der Waals surface area contributed by atoms with Crippen LogP contribution >= 0.6 is 0 Å². The van der Waals surface area contributed by atoms with Crippen molar-refractivity contribution in [2.24, 2.45) is 0 Å². The first-order valence-electron chi connectivity index (χ1n) is 4.72. The predicted molar refractivity (Wildman–Crippen MR) is 53.9 cm³/mol. The van der Waals surface area contributed by atoms with Crippen molar-refractivity contribution < 1.29 is 9.13 Å². The van der Waals surface area contributed by atoms with Gasteiger partial charge in [0.1, 0.15) is 5.82 Å². The first-order valence-corrected chi connectivity index (χ1v) is 4.72. The first-order chi connectivity index (χ1) is 6.79. The van der Waals surface area contributed by atoms with E-state index in [2.05, 4.69) is 11.8 Å². The number of nitrogens with zero attached hydrogens (tertiary/aromatic N) is 1. The van der Waals surface area contributed by atoms with E-state index >= 15 is 0 Å². The summed E-state index contributed by atoms with van der Waals surface area (Å²) in [6.07, 6.45) is 0. The maximum Gasteiger partial charge on any atom is 0.128 e. The zero-order chi connectivity index (χ0) is 9.97. The largest absolute Gasteiger partial charge is 0.378 e. The molecule has 1 aliphatic heterocycles. The molecule has 1 radical (unpaired) electrons. The molecule has 1 aromatic carbocycles. The van der Waals surface area contributed by atoms with Crippen LogP contribution in [0, 0.1) is 12.7 Å². The van der Waals surface area contributed by atoms with Crippen LogP contribution in [0.1, 0.15) is 5.56 Å². The summed E-state index contributed by atoms with van der Waals surface area (Å²) in [5, 5.41) is 0. The Labute approximate surface area is 83.3 Å². The van der Waals surface area contributed by atoms with Gasteiger partial charge in [-0.25, -0.2) is 4.39 Å². The van der Waals surface area contributed by atoms with Gasteiger partial charge in [-0.05, 0) is 19.1 Å². The Morgan fingerprint density at radius 2 is 2.00 bits per heavy atom. The third kappa shape index (κ3) is 1.73. The van der Waals surface area contributed by atoms with E-state index in [4.69, 9.17) is 4.74 Å². The Kier molecular flexibility index (Phi) is 2.68. The Bertz CT molecular complexity index is 321. The summed E-state index contributed by atoms with van der Waals surface area (Å²) in [5.74, 6) is -0.242. The standard InChI is InChI=1S/C11H13FNO/c1-9-10(12)3-2-4-11(9)13-5-7-14-8-6-13/h2-4H,1,5-8H2. The highest BCUT2D eigenvalue weighted by Crippen LogP contribution is 2.22. The summed E-state index contributed by atoms with van der Waals surface area (Å²) in [7, 11) is 0. The van der Waals surface area contributed by atoms with Crippen LogP contribution in [0.5, 0.6) is 0 Å². The van der Waals surface area contributed by atoms with Crippen LogP contribution < -0.4 is 4.90 Å². The molecule has 1 aliphatic rings. The van der Waals surface area contributed by atoms with Crippen molar-refractivity contribution in [2.45, 2.75) is 0 Å². The van der Waals surface area contributed by atoms with Gasteiger partial charge in [0.25, 0.3) is 0 Å². The molecule has 2 rings (SSSR count). The van der Waals surface area contributed by atoms with E-state index in [1.807, 2.05) is 6.07 Å². The fourth-order valence-corrected chi connectivity index (χ4v) is 1.65. The van der Waals surface area contributed by atoms with Gasteiger partial charge in [-0.2, -0.15) is 0 Å². The lowest BCUT2D eigenvalue weighted by molar-refractivity contribution is 0.122. The van der Waals surface area contributed by atoms with Crippen LogP contribution in [0.25, 0.3) is 0 Å². The van der Waals surface area contributed by atoms with E-state index in [0.29, 0.717) is 18.8 Å². The zero-order valence-corrected chi connectivity index (χ0v) is 8.00. The maximum atomic E-state index is 13.2. The molecule has 75 valence electrons. The number of anilines is 1. The second-order valence-electron chi connectivity index (χ2n) is 3.34. The second kappa shape index (κ2) is 3.96. The quantitative estimate of drug-likeness (QED) is 0.676. The Morgan fingerprint density at radius 3 is 2.71 bits per heavy atom. The van der Waals surface area contributed by atoms with Gasteiger partial charge in [-0.1, -0.05) is 6.07 Å². The number of benzene rings is 1. The van der Waals surface area contributed by atoms with Crippen molar-refractivity contribution >= 4 is 5.69 Å². The summed E-state index contributed by atoms with van der Waals surface area (Å²) in [6, 6.07) is 5.05. The molecule has 0 aliphatic carbocycles. The minimum absolute atomic E-state index is 0.242. The van der Waals surface area contributed by atoms with Crippen LogP contribution in [0.2, 0.25) is 0 Å². The number of ether oxygens (including phenoxy) is 1. The monoisotopic (exact) mass is 194 g/mol. The molecule has 3 heteroatoms. The molecule has 0 aromatic heterocycles. The van der Waals surface area contributed by atoms with E-state index in [1.54, 1.807) is 6.07 Å². The Balaban J connectivity index is 2.26. The van der Waals surface area contributed by atoms with Gasteiger partial charge in [0.15, 0.2) is 0 Å². The molecule has 0 spiro atoms. The van der Waals surface area contributed by atoms with Gasteiger partial charge in [-0.15, -0.1) is 0 Å². The highest BCUT2D eigenvalue weighted by atomic mass is 19.1.